The number of carbonyl (C=O) groups is 4. The molecule has 1 heterocycles. The van der Waals surface area contributed by atoms with Crippen LogP contribution in [0.4, 0.5) is 0 Å². The molecule has 0 N–H and O–H groups in total. The summed E-state index contributed by atoms with van der Waals surface area (Å²) < 4.78 is 0. The molecule has 2 aromatic rings. The fourth-order valence-electron chi connectivity index (χ4n) is 5.88. The van der Waals surface area contributed by atoms with E-state index in [9.17, 15) is 19.2 Å². The zero-order chi connectivity index (χ0) is 24.3. The van der Waals surface area contributed by atoms with Gasteiger partial charge in [0, 0.05) is 11.1 Å². The molecule has 6 nitrogen and oxygen atoms in total. The molecule has 3 fully saturated rings. The summed E-state index contributed by atoms with van der Waals surface area (Å²) in [6, 6.07) is 10.2. The first-order valence-corrected chi connectivity index (χ1v) is 12.2. The van der Waals surface area contributed by atoms with Crippen LogP contribution in [-0.2, 0) is 9.59 Å². The molecule has 3 amide bonds. The van der Waals surface area contributed by atoms with Crippen molar-refractivity contribution in [2.45, 2.75) is 39.2 Å². The number of imide groups is 1. The van der Waals surface area contributed by atoms with Crippen molar-refractivity contribution in [2.75, 3.05) is 0 Å². The Hall–Kier alpha value is -2.70. The lowest BCUT2D eigenvalue weighted by Crippen LogP contribution is -2.56. The number of hydrogen-bond donors (Lipinski definition) is 0. The van der Waals surface area contributed by atoms with Gasteiger partial charge in [0.05, 0.1) is 21.9 Å². The van der Waals surface area contributed by atoms with Gasteiger partial charge in [-0.1, -0.05) is 53.0 Å². The molecule has 8 heteroatoms. The molecule has 1 aliphatic heterocycles. The summed E-state index contributed by atoms with van der Waals surface area (Å²) in [6.45, 7) is 3.45. The Balaban J connectivity index is 1.55. The molecule has 0 radical (unpaired) electrons. The Bertz CT molecular complexity index is 1180. The molecule has 5 rings (SSSR count). The Kier molecular flexibility index (Phi) is 5.77. The minimum Gasteiger partial charge on any atom is -0.292 e. The maximum Gasteiger partial charge on any atom is 0.273 e. The summed E-state index contributed by atoms with van der Waals surface area (Å²) in [5, 5.41) is 2.41. The van der Waals surface area contributed by atoms with E-state index in [-0.39, 0.29) is 45.0 Å². The van der Waals surface area contributed by atoms with Crippen LogP contribution in [0.15, 0.2) is 42.5 Å². The van der Waals surface area contributed by atoms with Gasteiger partial charge >= 0.3 is 0 Å². The van der Waals surface area contributed by atoms with Crippen LogP contribution in [-0.4, -0.2) is 39.6 Å². The number of amides is 3. The van der Waals surface area contributed by atoms with Crippen LogP contribution in [0.3, 0.4) is 0 Å². The lowest BCUT2D eigenvalue weighted by molar-refractivity contribution is -0.157. The largest absolute Gasteiger partial charge is 0.292 e. The number of benzene rings is 2. The van der Waals surface area contributed by atoms with Gasteiger partial charge in [-0.3, -0.25) is 19.2 Å². The second-order valence-electron chi connectivity index (χ2n) is 9.56. The first kappa shape index (κ1) is 23.1. The second kappa shape index (κ2) is 8.51. The van der Waals surface area contributed by atoms with Crippen LogP contribution < -0.4 is 0 Å². The van der Waals surface area contributed by atoms with E-state index in [1.54, 1.807) is 31.2 Å². The van der Waals surface area contributed by atoms with Crippen molar-refractivity contribution in [3.63, 3.8) is 0 Å². The summed E-state index contributed by atoms with van der Waals surface area (Å²) in [5.41, 5.74) is 1.52. The van der Waals surface area contributed by atoms with Crippen LogP contribution in [0.25, 0.3) is 0 Å². The van der Waals surface area contributed by atoms with Gasteiger partial charge in [-0.25, -0.2) is 5.01 Å². The Morgan fingerprint density at radius 1 is 0.912 bits per heavy atom. The highest BCUT2D eigenvalue weighted by Crippen LogP contribution is 2.56. The van der Waals surface area contributed by atoms with Gasteiger partial charge in [-0.05, 0) is 63.1 Å². The maximum atomic E-state index is 13.7. The minimum atomic E-state index is -1.09. The highest BCUT2D eigenvalue weighted by Gasteiger charge is 2.63. The van der Waals surface area contributed by atoms with Crippen molar-refractivity contribution in [3.05, 3.63) is 69.2 Å². The Morgan fingerprint density at radius 2 is 1.47 bits per heavy atom. The summed E-state index contributed by atoms with van der Waals surface area (Å²) in [4.78, 5) is 54.3. The number of fused-ring (bicyclic) bond motifs is 5. The number of carbonyl (C=O) groups excluding carboxylic acids is 4. The van der Waals surface area contributed by atoms with Crippen molar-refractivity contribution in [2.24, 2.45) is 23.7 Å². The predicted octanol–water partition coefficient (Wildman–Crippen LogP) is 4.96. The molecule has 2 aliphatic carbocycles. The van der Waals surface area contributed by atoms with Gasteiger partial charge in [0.2, 0.25) is 0 Å². The third-order valence-corrected chi connectivity index (χ3v) is 8.32. The van der Waals surface area contributed by atoms with Crippen molar-refractivity contribution in [1.29, 1.82) is 0 Å². The second-order valence-corrected chi connectivity index (χ2v) is 10.4. The normalized spacial score (nSPS) is 26.1. The number of halogens is 2. The number of ketones is 1. The van der Waals surface area contributed by atoms with Crippen LogP contribution in [0.1, 0.15) is 52.5 Å². The lowest BCUT2D eigenvalue weighted by Gasteiger charge is -2.35. The molecular weight excluding hydrogens is 475 g/mol. The smallest absolute Gasteiger partial charge is 0.273 e. The number of aryl methyl sites for hydroxylation is 1. The standard InChI is InChI=1S/C26H24Cl2N2O4/c1-13-3-5-15(6-4-13)23(31)14(2)29(24(32)18-9-10-19(27)20(28)12-18)30-25(33)21-16-7-8-17(11-16)22(21)26(30)34/h3-6,9-10,12,14,16-17,21-22H,7-8,11H2,1-2H3/t14-,16-,17-,21-,22+/m0/s1. The molecular formula is C26H24Cl2N2O4. The van der Waals surface area contributed by atoms with Crippen molar-refractivity contribution in [1.82, 2.24) is 10.0 Å². The molecule has 2 aromatic carbocycles. The highest BCUT2D eigenvalue weighted by atomic mass is 35.5. The summed E-state index contributed by atoms with van der Waals surface area (Å²) in [5.74, 6) is -2.33. The van der Waals surface area contributed by atoms with Gasteiger partial charge in [-0.2, -0.15) is 5.01 Å². The SMILES string of the molecule is Cc1ccc(C(=O)[C@H](C)N(C(=O)c2ccc(Cl)c(Cl)c2)N2C(=O)[C@@H]3[C@H]4CC[C@@H](C4)[C@@H]3C2=O)cc1. The van der Waals surface area contributed by atoms with Crippen LogP contribution in [0.5, 0.6) is 0 Å². The molecule has 0 spiro atoms. The predicted molar refractivity (Wildman–Crippen MR) is 127 cm³/mol. The lowest BCUT2D eigenvalue weighted by atomic mass is 9.81. The average molecular weight is 499 g/mol. The molecule has 3 aliphatic rings. The molecule has 34 heavy (non-hydrogen) atoms. The third kappa shape index (κ3) is 3.55. The minimum absolute atomic E-state index is 0.138. The van der Waals surface area contributed by atoms with E-state index in [1.807, 2.05) is 6.92 Å². The van der Waals surface area contributed by atoms with Crippen molar-refractivity contribution < 1.29 is 19.2 Å². The quantitative estimate of drug-likeness (QED) is 0.431. The summed E-state index contributed by atoms with van der Waals surface area (Å²) in [7, 11) is 0. The molecule has 5 atom stereocenters. The topological polar surface area (TPSA) is 74.8 Å². The van der Waals surface area contributed by atoms with Gasteiger partial charge in [0.25, 0.3) is 17.7 Å². The molecule has 2 saturated carbocycles. The summed E-state index contributed by atoms with van der Waals surface area (Å²) in [6.07, 6.45) is 2.70. The van der Waals surface area contributed by atoms with Crippen LogP contribution in [0, 0.1) is 30.6 Å². The van der Waals surface area contributed by atoms with Gasteiger partial charge < -0.3 is 0 Å². The van der Waals surface area contributed by atoms with Gasteiger partial charge in [0.15, 0.2) is 5.78 Å². The number of rotatable bonds is 5. The third-order valence-electron chi connectivity index (χ3n) is 7.58. The fraction of sp³-hybridized carbons (Fsp3) is 0.385. The van der Waals surface area contributed by atoms with Gasteiger partial charge in [0.1, 0.15) is 6.04 Å². The number of Topliss-reactive ketones (excluding diaryl/α,β-unsaturated/α-hetero) is 1. The molecule has 0 aromatic heterocycles. The van der Waals surface area contributed by atoms with E-state index in [4.69, 9.17) is 23.2 Å². The number of nitrogens with zero attached hydrogens (tertiary/aromatic N) is 2. The van der Waals surface area contributed by atoms with E-state index in [0.29, 0.717) is 5.56 Å². The highest BCUT2D eigenvalue weighted by molar-refractivity contribution is 6.42. The zero-order valence-corrected chi connectivity index (χ0v) is 20.3. The van der Waals surface area contributed by atoms with E-state index < -0.39 is 23.8 Å². The maximum absolute atomic E-state index is 13.7. The van der Waals surface area contributed by atoms with E-state index >= 15 is 0 Å². The van der Waals surface area contributed by atoms with Crippen molar-refractivity contribution in [3.8, 4) is 0 Å². The average Bonchev–Trinajstić information content (AvgIpc) is 3.51. The van der Waals surface area contributed by atoms with Crippen LogP contribution in [0.2, 0.25) is 10.0 Å². The fourth-order valence-corrected chi connectivity index (χ4v) is 6.17. The Morgan fingerprint density at radius 3 is 2.03 bits per heavy atom. The first-order valence-electron chi connectivity index (χ1n) is 11.5. The van der Waals surface area contributed by atoms with Crippen LogP contribution >= 0.6 is 23.2 Å². The van der Waals surface area contributed by atoms with E-state index in [2.05, 4.69) is 0 Å². The van der Waals surface area contributed by atoms with Gasteiger partial charge in [-0.15, -0.1) is 0 Å². The number of hydrazine groups is 1. The zero-order valence-electron chi connectivity index (χ0n) is 18.8. The number of hydrogen-bond acceptors (Lipinski definition) is 4. The van der Waals surface area contributed by atoms with E-state index in [1.165, 1.54) is 18.2 Å². The Labute approximate surface area is 207 Å². The molecule has 1 saturated heterocycles. The summed E-state index contributed by atoms with van der Waals surface area (Å²) >= 11 is 12.2. The molecule has 2 bridgehead atoms. The monoisotopic (exact) mass is 498 g/mol. The first-order chi connectivity index (χ1) is 16.2. The molecule has 176 valence electrons. The molecule has 0 unspecified atom stereocenters. The van der Waals surface area contributed by atoms with E-state index in [0.717, 1.165) is 34.8 Å². The van der Waals surface area contributed by atoms with Crippen molar-refractivity contribution >= 4 is 46.7 Å².